The maximum atomic E-state index is 14.3. The van der Waals surface area contributed by atoms with Crippen LogP contribution < -0.4 is 5.56 Å². The van der Waals surface area contributed by atoms with Crippen molar-refractivity contribution in [3.05, 3.63) is 117 Å². The Kier molecular flexibility index (Phi) is 9.10. The van der Waals surface area contributed by atoms with Gasteiger partial charge in [-0.3, -0.25) is 28.5 Å². The third-order valence-electron chi connectivity index (χ3n) is 10.5. The number of aromatic nitrogens is 5. The number of hydrogen-bond acceptors (Lipinski definition) is 9. The smallest absolute Gasteiger partial charge is 0.265 e. The highest BCUT2D eigenvalue weighted by atomic mass is 32.1. The maximum Gasteiger partial charge on any atom is 0.265 e. The van der Waals surface area contributed by atoms with E-state index in [0.29, 0.717) is 67.0 Å². The van der Waals surface area contributed by atoms with Crippen LogP contribution in [0.4, 0.5) is 0 Å². The lowest BCUT2D eigenvalue weighted by atomic mass is 9.79. The molecular weight excluding hydrogens is 695 g/mol. The van der Waals surface area contributed by atoms with Crippen molar-refractivity contribution in [2.24, 2.45) is 5.92 Å². The molecule has 2 amide bonds. The highest BCUT2D eigenvalue weighted by Gasteiger charge is 2.42. The fourth-order valence-corrected chi connectivity index (χ4v) is 9.27. The second kappa shape index (κ2) is 13.9. The Balaban J connectivity index is 0.955. The van der Waals surface area contributed by atoms with Crippen molar-refractivity contribution in [2.45, 2.75) is 51.2 Å². The number of nitrogens with zero attached hydrogens (tertiary/aromatic N) is 7. The molecule has 0 bridgehead atoms. The normalized spacial score (nSPS) is 18.9. The number of likely N-dealkylation sites (tertiary alicyclic amines) is 2. The standard InChI is InChI=1S/C39H39N7O4S2/c1-25-10-11-28(21-40-25)35-42-26(2)33(52-35)38(49)44-16-12-29(31(22-44)27-7-4-3-5-8-27)36(47)43-18-14-39(50,15-19-43)23-45-24-41-34-30(37(45)48)13-17-46(34)32-9-6-20-51-32/h3-11,13,17,20-21,24,29,31,50H,12,14-16,18-19,22-23H2,1-2H3/t29-,31+/m1/s1. The summed E-state index contributed by atoms with van der Waals surface area (Å²) in [6, 6.07) is 19.6. The zero-order valence-electron chi connectivity index (χ0n) is 29.0. The van der Waals surface area contributed by atoms with Crippen LogP contribution in [0.5, 0.6) is 0 Å². The van der Waals surface area contributed by atoms with Crippen LogP contribution in [0, 0.1) is 19.8 Å². The van der Waals surface area contributed by atoms with Gasteiger partial charge in [0.05, 0.1) is 23.2 Å². The molecule has 0 radical (unpaired) electrons. The fourth-order valence-electron chi connectivity index (χ4n) is 7.53. The van der Waals surface area contributed by atoms with Crippen molar-refractivity contribution >= 4 is 45.5 Å². The molecule has 266 valence electrons. The van der Waals surface area contributed by atoms with E-state index in [0.717, 1.165) is 26.8 Å². The first-order valence-electron chi connectivity index (χ1n) is 17.5. The molecule has 6 aromatic rings. The lowest BCUT2D eigenvalue weighted by Crippen LogP contribution is -2.53. The van der Waals surface area contributed by atoms with E-state index in [1.54, 1.807) is 23.6 Å². The van der Waals surface area contributed by atoms with Gasteiger partial charge in [-0.05, 0) is 74.4 Å². The topological polar surface area (TPSA) is 126 Å². The molecule has 5 aromatic heterocycles. The molecule has 2 atom stereocenters. The van der Waals surface area contributed by atoms with Crippen LogP contribution in [0.2, 0.25) is 0 Å². The van der Waals surface area contributed by atoms with Crippen LogP contribution >= 0.6 is 22.7 Å². The van der Waals surface area contributed by atoms with E-state index in [1.807, 2.05) is 94.4 Å². The number of aryl methyl sites for hydroxylation is 2. The van der Waals surface area contributed by atoms with Crippen molar-refractivity contribution < 1.29 is 14.7 Å². The number of thiophene rings is 1. The van der Waals surface area contributed by atoms with Crippen molar-refractivity contribution in [1.82, 2.24) is 33.9 Å². The molecule has 2 aliphatic heterocycles. The summed E-state index contributed by atoms with van der Waals surface area (Å²) in [5.41, 5.74) is 2.75. The largest absolute Gasteiger partial charge is 0.388 e. The van der Waals surface area contributed by atoms with Gasteiger partial charge in [0, 0.05) is 61.7 Å². The Hall–Kier alpha value is -4.98. The molecular formula is C39H39N7O4S2. The van der Waals surface area contributed by atoms with Gasteiger partial charge in [0.1, 0.15) is 21.2 Å². The SMILES string of the molecule is Cc1ccc(-c2nc(C)c(C(=O)N3CC[C@@H](C(=O)N4CCC(O)(Cn5cnc6c(ccn6-c6cccs6)c5=O)CC4)[C@H](c4ccccc4)C3)s2)cn1. The molecule has 7 heterocycles. The van der Waals surface area contributed by atoms with Crippen LogP contribution in [0.1, 0.15) is 51.8 Å². The van der Waals surface area contributed by atoms with E-state index in [2.05, 4.69) is 9.97 Å². The molecule has 0 unspecified atom stereocenters. The van der Waals surface area contributed by atoms with Gasteiger partial charge in [-0.15, -0.1) is 22.7 Å². The first-order chi connectivity index (χ1) is 25.2. The summed E-state index contributed by atoms with van der Waals surface area (Å²) in [7, 11) is 0. The van der Waals surface area contributed by atoms with E-state index in [-0.39, 0.29) is 35.8 Å². The molecule has 2 aliphatic rings. The van der Waals surface area contributed by atoms with Gasteiger partial charge in [0.2, 0.25) is 5.91 Å². The lowest BCUT2D eigenvalue weighted by Gasteiger charge is -2.43. The van der Waals surface area contributed by atoms with Gasteiger partial charge in [0.15, 0.2) is 5.65 Å². The van der Waals surface area contributed by atoms with Crippen LogP contribution in [-0.4, -0.2) is 82.6 Å². The van der Waals surface area contributed by atoms with E-state index in [1.165, 1.54) is 22.2 Å². The first kappa shape index (κ1) is 34.1. The molecule has 0 spiro atoms. The fraction of sp³-hybridized carbons (Fsp3) is 0.333. The molecule has 1 aromatic carbocycles. The van der Waals surface area contributed by atoms with E-state index >= 15 is 0 Å². The number of pyridine rings is 1. The number of carbonyl (C=O) groups excluding carboxylic acids is 2. The molecule has 0 aliphatic carbocycles. The predicted molar refractivity (Wildman–Crippen MR) is 202 cm³/mol. The third kappa shape index (κ3) is 6.48. The summed E-state index contributed by atoms with van der Waals surface area (Å²) >= 11 is 2.95. The number of benzene rings is 1. The van der Waals surface area contributed by atoms with E-state index in [4.69, 9.17) is 4.98 Å². The number of carbonyl (C=O) groups is 2. The monoisotopic (exact) mass is 733 g/mol. The Morgan fingerprint density at radius 2 is 1.77 bits per heavy atom. The quantitative estimate of drug-likeness (QED) is 0.224. The number of amides is 2. The summed E-state index contributed by atoms with van der Waals surface area (Å²) in [6.07, 6.45) is 6.36. The number of piperidine rings is 2. The van der Waals surface area contributed by atoms with Gasteiger partial charge in [0.25, 0.3) is 11.5 Å². The van der Waals surface area contributed by atoms with Crippen molar-refractivity contribution in [3.63, 3.8) is 0 Å². The minimum Gasteiger partial charge on any atom is -0.388 e. The molecule has 8 rings (SSSR count). The van der Waals surface area contributed by atoms with E-state index < -0.39 is 5.60 Å². The Morgan fingerprint density at radius 3 is 2.50 bits per heavy atom. The molecule has 1 N–H and O–H groups in total. The molecule has 13 heteroatoms. The summed E-state index contributed by atoms with van der Waals surface area (Å²) in [5.74, 6) is -0.515. The highest BCUT2D eigenvalue weighted by Crippen LogP contribution is 2.37. The van der Waals surface area contributed by atoms with Crippen molar-refractivity contribution in [1.29, 1.82) is 0 Å². The second-order valence-corrected chi connectivity index (χ2v) is 15.8. The van der Waals surface area contributed by atoms with Gasteiger partial charge < -0.3 is 14.9 Å². The Bertz CT molecular complexity index is 2290. The predicted octanol–water partition coefficient (Wildman–Crippen LogP) is 5.68. The van der Waals surface area contributed by atoms with Crippen molar-refractivity contribution in [3.8, 4) is 15.6 Å². The average molecular weight is 734 g/mol. The third-order valence-corrected chi connectivity index (χ3v) is 12.5. The summed E-state index contributed by atoms with van der Waals surface area (Å²) in [5, 5.41) is 15.9. The van der Waals surface area contributed by atoms with Gasteiger partial charge in [-0.1, -0.05) is 30.3 Å². The number of thiazole rings is 1. The zero-order valence-corrected chi connectivity index (χ0v) is 30.6. The molecule has 2 saturated heterocycles. The minimum absolute atomic E-state index is 0.0429. The average Bonchev–Trinajstić information content (AvgIpc) is 3.94. The number of aliphatic hydroxyl groups is 1. The molecule has 0 saturated carbocycles. The number of fused-ring (bicyclic) bond motifs is 1. The van der Waals surface area contributed by atoms with Crippen LogP contribution in [0.25, 0.3) is 26.6 Å². The highest BCUT2D eigenvalue weighted by molar-refractivity contribution is 7.17. The van der Waals surface area contributed by atoms with Crippen molar-refractivity contribution in [2.75, 3.05) is 26.2 Å². The van der Waals surface area contributed by atoms with Crippen LogP contribution in [0.3, 0.4) is 0 Å². The van der Waals surface area contributed by atoms with Gasteiger partial charge in [-0.2, -0.15) is 0 Å². The zero-order chi connectivity index (χ0) is 36.0. The number of rotatable bonds is 7. The Morgan fingerprint density at radius 1 is 0.962 bits per heavy atom. The maximum absolute atomic E-state index is 14.3. The van der Waals surface area contributed by atoms with E-state index in [9.17, 15) is 19.5 Å². The molecule has 2 fully saturated rings. The van der Waals surface area contributed by atoms with Crippen LogP contribution in [-0.2, 0) is 11.3 Å². The van der Waals surface area contributed by atoms with Gasteiger partial charge >= 0.3 is 0 Å². The minimum atomic E-state index is -1.15. The summed E-state index contributed by atoms with van der Waals surface area (Å²) in [6.45, 7) is 5.55. The molecule has 52 heavy (non-hydrogen) atoms. The first-order valence-corrected chi connectivity index (χ1v) is 19.2. The second-order valence-electron chi connectivity index (χ2n) is 13.9. The van der Waals surface area contributed by atoms with Crippen LogP contribution in [0.15, 0.2) is 89.6 Å². The summed E-state index contributed by atoms with van der Waals surface area (Å²) < 4.78 is 3.39. The lowest BCUT2D eigenvalue weighted by molar-refractivity contribution is -0.142. The van der Waals surface area contributed by atoms with Gasteiger partial charge in [-0.25, -0.2) is 9.97 Å². The molecule has 11 nitrogen and oxygen atoms in total. The summed E-state index contributed by atoms with van der Waals surface area (Å²) in [4.78, 5) is 59.7. The Labute approximate surface area is 308 Å². The number of hydrogen-bond donors (Lipinski definition) is 1.